The minimum Gasteiger partial charge on any atom is -0.361 e. The smallest absolute Gasteiger partial charge is 0.162 e. The molecule has 1 fully saturated rings. The number of benzene rings is 1. The first-order valence-electron chi connectivity index (χ1n) is 7.10. The van der Waals surface area contributed by atoms with Gasteiger partial charge in [0.2, 0.25) is 0 Å². The molecule has 100 valence electrons. The normalized spacial score (nSPS) is 26.7. The van der Waals surface area contributed by atoms with Crippen molar-refractivity contribution in [2.24, 2.45) is 0 Å². The van der Waals surface area contributed by atoms with E-state index in [2.05, 4.69) is 30.0 Å². The van der Waals surface area contributed by atoms with E-state index in [1.54, 1.807) is 0 Å². The Morgan fingerprint density at radius 2 is 2.05 bits per heavy atom. The van der Waals surface area contributed by atoms with Crippen LogP contribution in [0.2, 0.25) is 0 Å². The van der Waals surface area contributed by atoms with Crippen molar-refractivity contribution in [1.82, 2.24) is 0 Å². The van der Waals surface area contributed by atoms with Gasteiger partial charge in [-0.15, -0.1) is 0 Å². The Bertz CT molecular complexity index is 523. The lowest BCUT2D eigenvalue weighted by molar-refractivity contribution is -0.130. The zero-order chi connectivity index (χ0) is 13.4. The Hall–Kier alpha value is -1.64. The zero-order valence-corrected chi connectivity index (χ0v) is 11.3. The van der Waals surface area contributed by atoms with E-state index in [0.29, 0.717) is 18.8 Å². The SMILES string of the molecule is CCC1CN(C2CCC(=O)CC2=O)c2ccccc21. The molecule has 3 heteroatoms. The molecule has 0 N–H and O–H groups in total. The van der Waals surface area contributed by atoms with Crippen molar-refractivity contribution >= 4 is 17.3 Å². The predicted molar refractivity (Wildman–Crippen MR) is 74.5 cm³/mol. The fraction of sp³-hybridized carbons (Fsp3) is 0.500. The van der Waals surface area contributed by atoms with Crippen molar-refractivity contribution in [3.63, 3.8) is 0 Å². The molecule has 2 unspecified atom stereocenters. The largest absolute Gasteiger partial charge is 0.361 e. The monoisotopic (exact) mass is 257 g/mol. The third-order valence-electron chi connectivity index (χ3n) is 4.41. The maximum Gasteiger partial charge on any atom is 0.162 e. The Labute approximate surface area is 113 Å². The quantitative estimate of drug-likeness (QED) is 0.764. The van der Waals surface area contributed by atoms with Gasteiger partial charge in [0.1, 0.15) is 5.78 Å². The Morgan fingerprint density at radius 1 is 1.26 bits per heavy atom. The molecule has 2 aliphatic rings. The van der Waals surface area contributed by atoms with Gasteiger partial charge in [-0.2, -0.15) is 0 Å². The maximum atomic E-state index is 12.1. The molecule has 0 saturated heterocycles. The van der Waals surface area contributed by atoms with Crippen molar-refractivity contribution in [3.05, 3.63) is 29.8 Å². The van der Waals surface area contributed by atoms with E-state index >= 15 is 0 Å². The standard InChI is InChI=1S/C16H19NO2/c1-2-11-10-17(14-6-4-3-5-13(11)14)15-8-7-12(18)9-16(15)19/h3-6,11,15H,2,7-10H2,1H3. The van der Waals surface area contributed by atoms with Gasteiger partial charge in [0.15, 0.2) is 5.78 Å². The van der Waals surface area contributed by atoms with Gasteiger partial charge >= 0.3 is 0 Å². The summed E-state index contributed by atoms with van der Waals surface area (Å²) in [5, 5.41) is 0. The molecular formula is C16H19NO2. The summed E-state index contributed by atoms with van der Waals surface area (Å²) in [5.41, 5.74) is 2.55. The average molecular weight is 257 g/mol. The molecule has 0 aromatic heterocycles. The summed E-state index contributed by atoms with van der Waals surface area (Å²) < 4.78 is 0. The molecule has 1 saturated carbocycles. The van der Waals surface area contributed by atoms with Crippen LogP contribution >= 0.6 is 0 Å². The van der Waals surface area contributed by atoms with E-state index in [-0.39, 0.29) is 24.0 Å². The molecule has 1 heterocycles. The van der Waals surface area contributed by atoms with Gasteiger partial charge in [0.05, 0.1) is 12.5 Å². The number of Topliss-reactive ketones (excluding diaryl/α,β-unsaturated/α-hetero) is 2. The Balaban J connectivity index is 1.91. The van der Waals surface area contributed by atoms with Crippen LogP contribution in [0.4, 0.5) is 5.69 Å². The second-order valence-electron chi connectivity index (χ2n) is 5.55. The average Bonchev–Trinajstić information content (AvgIpc) is 2.78. The van der Waals surface area contributed by atoms with Gasteiger partial charge in [-0.1, -0.05) is 25.1 Å². The van der Waals surface area contributed by atoms with E-state index in [9.17, 15) is 9.59 Å². The number of nitrogens with zero attached hydrogens (tertiary/aromatic N) is 1. The number of ketones is 2. The van der Waals surface area contributed by atoms with Crippen LogP contribution in [0, 0.1) is 0 Å². The molecule has 0 spiro atoms. The van der Waals surface area contributed by atoms with Crippen LogP contribution in [-0.2, 0) is 9.59 Å². The first kappa shape index (κ1) is 12.4. The number of para-hydroxylation sites is 1. The van der Waals surface area contributed by atoms with Crippen LogP contribution in [0.1, 0.15) is 44.1 Å². The van der Waals surface area contributed by atoms with Gasteiger partial charge < -0.3 is 4.90 Å². The van der Waals surface area contributed by atoms with Crippen molar-refractivity contribution in [3.8, 4) is 0 Å². The predicted octanol–water partition coefficient (Wildman–Crippen LogP) is 2.69. The van der Waals surface area contributed by atoms with Crippen LogP contribution in [0.5, 0.6) is 0 Å². The Morgan fingerprint density at radius 3 is 2.79 bits per heavy atom. The van der Waals surface area contributed by atoms with E-state index in [0.717, 1.165) is 13.0 Å². The molecule has 0 amide bonds. The summed E-state index contributed by atoms with van der Waals surface area (Å²) in [6, 6.07) is 8.28. The summed E-state index contributed by atoms with van der Waals surface area (Å²) in [5.74, 6) is 0.713. The van der Waals surface area contributed by atoms with E-state index in [4.69, 9.17) is 0 Å². The second kappa shape index (κ2) is 4.80. The van der Waals surface area contributed by atoms with Crippen LogP contribution in [0.25, 0.3) is 0 Å². The number of hydrogen-bond donors (Lipinski definition) is 0. The minimum atomic E-state index is -0.0876. The number of carbonyl (C=O) groups is 2. The number of anilines is 1. The lowest BCUT2D eigenvalue weighted by Crippen LogP contribution is -2.44. The molecule has 1 aromatic carbocycles. The first-order chi connectivity index (χ1) is 9.20. The highest BCUT2D eigenvalue weighted by Gasteiger charge is 2.37. The van der Waals surface area contributed by atoms with Gasteiger partial charge in [-0.25, -0.2) is 0 Å². The van der Waals surface area contributed by atoms with Crippen LogP contribution in [0.15, 0.2) is 24.3 Å². The molecule has 3 nitrogen and oxygen atoms in total. The summed E-state index contributed by atoms with van der Waals surface area (Å²) in [7, 11) is 0. The third-order valence-corrected chi connectivity index (χ3v) is 4.41. The van der Waals surface area contributed by atoms with Gasteiger partial charge in [-0.3, -0.25) is 9.59 Å². The number of carbonyl (C=O) groups excluding carboxylic acids is 2. The molecule has 0 radical (unpaired) electrons. The molecule has 1 aliphatic carbocycles. The van der Waals surface area contributed by atoms with Gasteiger partial charge in [0.25, 0.3) is 0 Å². The topological polar surface area (TPSA) is 37.4 Å². The molecule has 2 atom stereocenters. The first-order valence-corrected chi connectivity index (χ1v) is 7.10. The van der Waals surface area contributed by atoms with Crippen molar-refractivity contribution in [1.29, 1.82) is 0 Å². The molecule has 19 heavy (non-hydrogen) atoms. The van der Waals surface area contributed by atoms with E-state index in [1.165, 1.54) is 11.3 Å². The molecule has 1 aliphatic heterocycles. The number of hydrogen-bond acceptors (Lipinski definition) is 3. The molecule has 1 aromatic rings. The maximum absolute atomic E-state index is 12.1. The second-order valence-corrected chi connectivity index (χ2v) is 5.55. The number of rotatable bonds is 2. The zero-order valence-electron chi connectivity index (χ0n) is 11.3. The van der Waals surface area contributed by atoms with Crippen LogP contribution in [-0.4, -0.2) is 24.2 Å². The molecular weight excluding hydrogens is 238 g/mol. The summed E-state index contributed by atoms with van der Waals surface area (Å²) in [6.45, 7) is 3.11. The van der Waals surface area contributed by atoms with Crippen molar-refractivity contribution in [2.45, 2.75) is 44.6 Å². The van der Waals surface area contributed by atoms with Crippen LogP contribution in [0.3, 0.4) is 0 Å². The molecule has 3 rings (SSSR count). The lowest BCUT2D eigenvalue weighted by atomic mass is 9.92. The van der Waals surface area contributed by atoms with E-state index in [1.807, 2.05) is 6.07 Å². The minimum absolute atomic E-state index is 0.0876. The van der Waals surface area contributed by atoms with Gasteiger partial charge in [0, 0.05) is 24.6 Å². The van der Waals surface area contributed by atoms with Crippen molar-refractivity contribution in [2.75, 3.05) is 11.4 Å². The van der Waals surface area contributed by atoms with Crippen LogP contribution < -0.4 is 4.90 Å². The number of fused-ring (bicyclic) bond motifs is 1. The third kappa shape index (κ3) is 2.07. The Kier molecular flexibility index (Phi) is 3.13. The highest BCUT2D eigenvalue weighted by Crippen LogP contribution is 2.40. The lowest BCUT2D eigenvalue weighted by Gasteiger charge is -2.31. The highest BCUT2D eigenvalue weighted by molar-refractivity contribution is 6.05. The summed E-state index contributed by atoms with van der Waals surface area (Å²) >= 11 is 0. The van der Waals surface area contributed by atoms with E-state index < -0.39 is 0 Å². The molecule has 0 bridgehead atoms. The fourth-order valence-corrected chi connectivity index (χ4v) is 3.36. The highest BCUT2D eigenvalue weighted by atomic mass is 16.2. The van der Waals surface area contributed by atoms with Gasteiger partial charge in [-0.05, 0) is 24.5 Å². The fourth-order valence-electron chi connectivity index (χ4n) is 3.36. The summed E-state index contributed by atoms with van der Waals surface area (Å²) in [4.78, 5) is 25.7. The van der Waals surface area contributed by atoms with Crippen molar-refractivity contribution < 1.29 is 9.59 Å². The summed E-state index contributed by atoms with van der Waals surface area (Å²) in [6.07, 6.45) is 2.45.